The summed E-state index contributed by atoms with van der Waals surface area (Å²) < 4.78 is 11.6. The van der Waals surface area contributed by atoms with Crippen LogP contribution in [0.4, 0.5) is 9.59 Å². The number of ether oxygens (including phenoxy) is 2. The molecule has 1 aliphatic carbocycles. The normalized spacial score (nSPS) is 18.9. The van der Waals surface area contributed by atoms with Crippen molar-refractivity contribution in [3.63, 3.8) is 0 Å². The van der Waals surface area contributed by atoms with Gasteiger partial charge in [0.25, 0.3) is 0 Å². The molecule has 6 heteroatoms. The van der Waals surface area contributed by atoms with E-state index in [0.717, 1.165) is 52.6 Å². The molecule has 0 spiro atoms. The summed E-state index contributed by atoms with van der Waals surface area (Å²) in [5.74, 6) is 1.58. The minimum atomic E-state index is -0.589. The molecule has 2 amide bonds. The predicted molar refractivity (Wildman–Crippen MR) is 144 cm³/mol. The number of nitrogens with one attached hydrogen (secondary N) is 1. The molecule has 0 saturated heterocycles. The monoisotopic (exact) mass is 494 g/mol. The van der Waals surface area contributed by atoms with Crippen LogP contribution >= 0.6 is 0 Å². The van der Waals surface area contributed by atoms with Gasteiger partial charge in [-0.3, -0.25) is 4.90 Å². The summed E-state index contributed by atoms with van der Waals surface area (Å²) in [6, 6.07) is 7.93. The van der Waals surface area contributed by atoms with E-state index < -0.39 is 12.2 Å². The van der Waals surface area contributed by atoms with Gasteiger partial charge >= 0.3 is 12.2 Å². The summed E-state index contributed by atoms with van der Waals surface area (Å²) in [6.07, 6.45) is 1.75. The van der Waals surface area contributed by atoms with Gasteiger partial charge in [-0.15, -0.1) is 0 Å². The summed E-state index contributed by atoms with van der Waals surface area (Å²) in [5, 5.41) is 2.81. The zero-order valence-corrected chi connectivity index (χ0v) is 23.4. The summed E-state index contributed by atoms with van der Waals surface area (Å²) in [6.45, 7) is 18.5. The smallest absolute Gasteiger partial charge is 0.410 e. The molecule has 0 radical (unpaired) electrons. The molecular weight excluding hydrogens is 452 g/mol. The quantitative estimate of drug-likeness (QED) is 0.443. The number of benzene rings is 2. The van der Waals surface area contributed by atoms with E-state index in [1.165, 1.54) is 0 Å². The van der Waals surface area contributed by atoms with E-state index >= 15 is 0 Å². The summed E-state index contributed by atoms with van der Waals surface area (Å²) >= 11 is 0. The number of nitrogens with zero attached hydrogens (tertiary/aromatic N) is 1. The Bertz CT molecular complexity index is 1090. The number of hydrogen-bond donors (Lipinski definition) is 1. The van der Waals surface area contributed by atoms with Crippen LogP contribution in [0.15, 0.2) is 24.3 Å². The molecule has 1 fully saturated rings. The molecule has 0 aliphatic heterocycles. The molecule has 1 N–H and O–H groups in total. The van der Waals surface area contributed by atoms with Gasteiger partial charge < -0.3 is 14.8 Å². The third-order valence-corrected chi connectivity index (χ3v) is 7.03. The highest BCUT2D eigenvalue weighted by Gasteiger charge is 2.37. The highest BCUT2D eigenvalue weighted by atomic mass is 16.6. The molecule has 2 aromatic rings. The van der Waals surface area contributed by atoms with Crippen molar-refractivity contribution >= 4 is 12.2 Å². The maximum absolute atomic E-state index is 13.5. The van der Waals surface area contributed by atoms with E-state index in [9.17, 15) is 9.59 Å². The van der Waals surface area contributed by atoms with Crippen molar-refractivity contribution in [1.29, 1.82) is 0 Å². The van der Waals surface area contributed by atoms with Crippen LogP contribution in [-0.4, -0.2) is 29.8 Å². The van der Waals surface area contributed by atoms with Crippen molar-refractivity contribution in [2.24, 2.45) is 11.3 Å². The Kier molecular flexibility index (Phi) is 8.37. The number of hydrogen-bond acceptors (Lipinski definition) is 4. The lowest BCUT2D eigenvalue weighted by Gasteiger charge is -2.43. The lowest BCUT2D eigenvalue weighted by Crippen LogP contribution is -2.52. The van der Waals surface area contributed by atoms with Gasteiger partial charge in [0.05, 0.1) is 6.67 Å². The van der Waals surface area contributed by atoms with Gasteiger partial charge in [0.1, 0.15) is 11.5 Å². The zero-order chi connectivity index (χ0) is 26.8. The van der Waals surface area contributed by atoms with Gasteiger partial charge in [0.2, 0.25) is 0 Å². The summed E-state index contributed by atoms with van der Waals surface area (Å²) in [5.41, 5.74) is 5.94. The van der Waals surface area contributed by atoms with Crippen molar-refractivity contribution in [3.8, 4) is 11.5 Å². The third-order valence-electron chi connectivity index (χ3n) is 7.03. The van der Waals surface area contributed by atoms with Crippen LogP contribution in [0.25, 0.3) is 0 Å². The van der Waals surface area contributed by atoms with Gasteiger partial charge in [0.15, 0.2) is 0 Å². The fourth-order valence-electron chi connectivity index (χ4n) is 5.96. The second kappa shape index (κ2) is 10.9. The molecule has 196 valence electrons. The SMILES string of the molecule is Cc1cc(C)c(OC(=O)NCN(C(=O)Oc2c(C)cc(C)cc2C)C2CC(C)CC(C)(C)C2)c(C)c1. The van der Waals surface area contributed by atoms with E-state index in [1.807, 2.05) is 65.8 Å². The number of carbonyl (C=O) groups is 2. The van der Waals surface area contributed by atoms with Gasteiger partial charge in [0, 0.05) is 6.04 Å². The van der Waals surface area contributed by atoms with Gasteiger partial charge in [-0.1, -0.05) is 56.2 Å². The van der Waals surface area contributed by atoms with Crippen molar-refractivity contribution in [3.05, 3.63) is 57.6 Å². The van der Waals surface area contributed by atoms with Crippen molar-refractivity contribution in [2.75, 3.05) is 6.67 Å². The van der Waals surface area contributed by atoms with E-state index in [1.54, 1.807) is 4.90 Å². The van der Waals surface area contributed by atoms with Crippen LogP contribution in [-0.2, 0) is 0 Å². The minimum Gasteiger partial charge on any atom is -0.410 e. The molecule has 2 atom stereocenters. The topological polar surface area (TPSA) is 67.9 Å². The highest BCUT2D eigenvalue weighted by Crippen LogP contribution is 2.40. The zero-order valence-electron chi connectivity index (χ0n) is 23.4. The average molecular weight is 495 g/mol. The second-order valence-electron chi connectivity index (χ2n) is 11.6. The lowest BCUT2D eigenvalue weighted by atomic mass is 9.70. The Labute approximate surface area is 216 Å². The summed E-state index contributed by atoms with van der Waals surface area (Å²) in [4.78, 5) is 28.0. The molecule has 6 nitrogen and oxygen atoms in total. The Morgan fingerprint density at radius 1 is 0.861 bits per heavy atom. The molecule has 3 rings (SSSR count). The van der Waals surface area contributed by atoms with Crippen molar-refractivity contribution in [2.45, 2.75) is 87.6 Å². The maximum Gasteiger partial charge on any atom is 0.416 e. The Morgan fingerprint density at radius 2 is 1.33 bits per heavy atom. The number of carbonyl (C=O) groups excluding carboxylic acids is 2. The standard InChI is InChI=1S/C30H42N2O4/c1-18-10-21(4)26(22(5)11-18)35-28(33)31-17-32(25-14-20(3)15-30(8,9)16-25)29(34)36-27-23(6)12-19(2)13-24(27)7/h10-13,20,25H,14-17H2,1-9H3,(H,31,33). The Balaban J connectivity index is 1.80. The molecule has 2 unspecified atom stereocenters. The van der Waals surface area contributed by atoms with Crippen molar-refractivity contribution in [1.82, 2.24) is 10.2 Å². The van der Waals surface area contributed by atoms with Gasteiger partial charge in [-0.05, 0) is 94.4 Å². The molecule has 0 aromatic heterocycles. The molecule has 2 aromatic carbocycles. The van der Waals surface area contributed by atoms with Crippen LogP contribution < -0.4 is 14.8 Å². The van der Waals surface area contributed by atoms with Crippen LogP contribution in [0.5, 0.6) is 11.5 Å². The average Bonchev–Trinajstić information content (AvgIpc) is 2.72. The van der Waals surface area contributed by atoms with Crippen LogP contribution in [0.3, 0.4) is 0 Å². The Morgan fingerprint density at radius 3 is 1.81 bits per heavy atom. The fourth-order valence-corrected chi connectivity index (χ4v) is 5.96. The first-order chi connectivity index (χ1) is 16.8. The summed E-state index contributed by atoms with van der Waals surface area (Å²) in [7, 11) is 0. The first kappa shape index (κ1) is 27.6. The predicted octanol–water partition coefficient (Wildman–Crippen LogP) is 7.30. The minimum absolute atomic E-state index is 0.0129. The third kappa shape index (κ3) is 6.80. The molecular formula is C30H42N2O4. The number of aryl methyl sites for hydroxylation is 6. The fraction of sp³-hybridized carbons (Fsp3) is 0.533. The van der Waals surface area contributed by atoms with Crippen molar-refractivity contribution < 1.29 is 19.1 Å². The van der Waals surface area contributed by atoms with Crippen LogP contribution in [0.2, 0.25) is 0 Å². The number of rotatable bonds is 5. The van der Waals surface area contributed by atoms with Crippen LogP contribution in [0, 0.1) is 52.9 Å². The van der Waals surface area contributed by atoms with E-state index in [-0.39, 0.29) is 18.1 Å². The molecule has 0 heterocycles. The lowest BCUT2D eigenvalue weighted by molar-refractivity contribution is 0.0624. The highest BCUT2D eigenvalue weighted by molar-refractivity contribution is 5.74. The van der Waals surface area contributed by atoms with Gasteiger partial charge in [-0.2, -0.15) is 0 Å². The molecule has 1 aliphatic rings. The first-order valence-corrected chi connectivity index (χ1v) is 12.9. The largest absolute Gasteiger partial charge is 0.416 e. The van der Waals surface area contributed by atoms with Crippen LogP contribution in [0.1, 0.15) is 73.4 Å². The van der Waals surface area contributed by atoms with Gasteiger partial charge in [-0.25, -0.2) is 9.59 Å². The second-order valence-corrected chi connectivity index (χ2v) is 11.6. The Hall–Kier alpha value is -3.02. The van der Waals surface area contributed by atoms with E-state index in [2.05, 4.69) is 26.1 Å². The van der Waals surface area contributed by atoms with E-state index in [4.69, 9.17) is 9.47 Å². The van der Waals surface area contributed by atoms with E-state index in [0.29, 0.717) is 17.4 Å². The number of amides is 2. The maximum atomic E-state index is 13.5. The first-order valence-electron chi connectivity index (χ1n) is 12.9. The molecule has 36 heavy (non-hydrogen) atoms. The molecule has 1 saturated carbocycles. The molecule has 0 bridgehead atoms.